The van der Waals surface area contributed by atoms with Crippen LogP contribution in [0.25, 0.3) is 0 Å². The maximum Gasteiger partial charge on any atom is 0.191 e. The minimum absolute atomic E-state index is 0. The van der Waals surface area contributed by atoms with Crippen molar-refractivity contribution in [1.82, 2.24) is 10.6 Å². The van der Waals surface area contributed by atoms with Gasteiger partial charge in [0.25, 0.3) is 0 Å². The summed E-state index contributed by atoms with van der Waals surface area (Å²) < 4.78 is 11.4. The molecule has 0 amide bonds. The zero-order chi connectivity index (χ0) is 18.7. The Bertz CT molecular complexity index is 544. The number of ether oxygens (including phenoxy) is 2. The molecule has 0 saturated carbocycles. The van der Waals surface area contributed by atoms with E-state index < -0.39 is 0 Å². The number of guanidine groups is 1. The van der Waals surface area contributed by atoms with Crippen LogP contribution in [0, 0.1) is 0 Å². The highest BCUT2D eigenvalue weighted by Gasteiger charge is 2.12. The zero-order valence-corrected chi connectivity index (χ0v) is 19.9. The summed E-state index contributed by atoms with van der Waals surface area (Å²) in [5.74, 6) is 2.41. The Hall–Kier alpha value is -0.830. The summed E-state index contributed by atoms with van der Waals surface area (Å²) in [7, 11) is 0. The van der Waals surface area contributed by atoms with E-state index in [2.05, 4.69) is 48.7 Å². The van der Waals surface area contributed by atoms with Gasteiger partial charge in [-0.2, -0.15) is 11.8 Å². The molecule has 0 spiro atoms. The molecule has 0 aromatic heterocycles. The third-order valence-corrected chi connectivity index (χ3v) is 4.63. The number of aliphatic imine (C=N–C) groups is 1. The molecule has 7 heteroatoms. The first-order chi connectivity index (χ1) is 12.0. The number of thioether (sulfide) groups is 1. The average molecular weight is 495 g/mol. The highest BCUT2D eigenvalue weighted by atomic mass is 127. The Morgan fingerprint density at radius 2 is 1.77 bits per heavy atom. The maximum absolute atomic E-state index is 5.72. The average Bonchev–Trinajstić information content (AvgIpc) is 2.61. The first-order valence-electron chi connectivity index (χ1n) is 9.02. The summed E-state index contributed by atoms with van der Waals surface area (Å²) in [5.41, 5.74) is 1.13. The van der Waals surface area contributed by atoms with Crippen molar-refractivity contribution in [2.45, 2.75) is 45.9 Å². The van der Waals surface area contributed by atoms with Gasteiger partial charge in [0, 0.05) is 11.8 Å². The SMILES string of the molecule is CCNC(=NCC(C)SC)NC(C)c1ccc(OCC)c(OCC)c1.I. The summed E-state index contributed by atoms with van der Waals surface area (Å²) >= 11 is 1.82. The lowest BCUT2D eigenvalue weighted by Crippen LogP contribution is -2.39. The predicted octanol–water partition coefficient (Wildman–Crippen LogP) is 4.47. The van der Waals surface area contributed by atoms with Crippen LogP contribution < -0.4 is 20.1 Å². The number of halogens is 1. The van der Waals surface area contributed by atoms with Crippen LogP contribution in [0.5, 0.6) is 11.5 Å². The second-order valence-electron chi connectivity index (χ2n) is 5.70. The molecule has 2 atom stereocenters. The maximum atomic E-state index is 5.72. The van der Waals surface area contributed by atoms with Gasteiger partial charge in [0.15, 0.2) is 17.5 Å². The van der Waals surface area contributed by atoms with Crippen LogP contribution in [0.4, 0.5) is 0 Å². The molecule has 1 aromatic rings. The quantitative estimate of drug-likeness (QED) is 0.285. The van der Waals surface area contributed by atoms with Crippen molar-refractivity contribution in [1.29, 1.82) is 0 Å². The molecule has 0 bridgehead atoms. The van der Waals surface area contributed by atoms with E-state index in [0.717, 1.165) is 36.1 Å². The standard InChI is InChI=1S/C19H33N3O2S.HI/c1-7-20-19(21-13-14(4)25-6)22-15(5)16-10-11-17(23-8-2)18(12-16)24-9-3;/h10-12,14-15H,7-9,13H2,1-6H3,(H2,20,21,22);1H. The van der Waals surface area contributed by atoms with E-state index in [4.69, 9.17) is 9.47 Å². The third-order valence-electron chi connectivity index (χ3n) is 3.67. The fourth-order valence-electron chi connectivity index (χ4n) is 2.24. The summed E-state index contributed by atoms with van der Waals surface area (Å²) in [4.78, 5) is 4.67. The van der Waals surface area contributed by atoms with Crippen LogP contribution >= 0.6 is 35.7 Å². The van der Waals surface area contributed by atoms with Gasteiger partial charge in [0.05, 0.1) is 25.8 Å². The zero-order valence-electron chi connectivity index (χ0n) is 16.8. The van der Waals surface area contributed by atoms with Crippen molar-refractivity contribution in [3.63, 3.8) is 0 Å². The van der Waals surface area contributed by atoms with Crippen LogP contribution in [0.3, 0.4) is 0 Å². The van der Waals surface area contributed by atoms with Gasteiger partial charge in [-0.15, -0.1) is 24.0 Å². The number of nitrogens with zero attached hydrogens (tertiary/aromatic N) is 1. The predicted molar refractivity (Wildman–Crippen MR) is 125 cm³/mol. The van der Waals surface area contributed by atoms with Gasteiger partial charge >= 0.3 is 0 Å². The number of rotatable bonds is 10. The van der Waals surface area contributed by atoms with Crippen LogP contribution in [0.2, 0.25) is 0 Å². The molecule has 0 radical (unpaired) electrons. The van der Waals surface area contributed by atoms with Gasteiger partial charge in [-0.1, -0.05) is 13.0 Å². The Labute approximate surface area is 180 Å². The van der Waals surface area contributed by atoms with Crippen molar-refractivity contribution in [2.75, 3.05) is 32.6 Å². The lowest BCUT2D eigenvalue weighted by molar-refractivity contribution is 0.287. The fraction of sp³-hybridized carbons (Fsp3) is 0.632. The van der Waals surface area contributed by atoms with E-state index in [9.17, 15) is 0 Å². The number of benzene rings is 1. The molecule has 2 N–H and O–H groups in total. The van der Waals surface area contributed by atoms with Gasteiger partial charge < -0.3 is 20.1 Å². The highest BCUT2D eigenvalue weighted by molar-refractivity contribution is 14.0. The second-order valence-corrected chi connectivity index (χ2v) is 6.98. The summed E-state index contributed by atoms with van der Waals surface area (Å²) in [5, 5.41) is 7.28. The molecule has 26 heavy (non-hydrogen) atoms. The molecule has 0 saturated heterocycles. The molecular formula is C19H34IN3O2S. The molecule has 0 aliphatic heterocycles. The molecule has 0 aliphatic carbocycles. The summed E-state index contributed by atoms with van der Waals surface area (Å²) in [6.07, 6.45) is 2.11. The smallest absolute Gasteiger partial charge is 0.191 e. The van der Waals surface area contributed by atoms with Crippen LogP contribution in [-0.4, -0.2) is 43.8 Å². The minimum atomic E-state index is 0. The van der Waals surface area contributed by atoms with Crippen LogP contribution in [0.1, 0.15) is 46.2 Å². The van der Waals surface area contributed by atoms with E-state index in [1.807, 2.05) is 37.7 Å². The van der Waals surface area contributed by atoms with Crippen LogP contribution in [0.15, 0.2) is 23.2 Å². The summed E-state index contributed by atoms with van der Waals surface area (Å²) in [6, 6.07) is 6.19. The van der Waals surface area contributed by atoms with Crippen molar-refractivity contribution in [3.8, 4) is 11.5 Å². The summed E-state index contributed by atoms with van der Waals surface area (Å²) in [6.45, 7) is 13.2. The normalized spacial score (nSPS) is 13.4. The van der Waals surface area contributed by atoms with E-state index >= 15 is 0 Å². The van der Waals surface area contributed by atoms with Crippen molar-refractivity contribution in [3.05, 3.63) is 23.8 Å². The van der Waals surface area contributed by atoms with Gasteiger partial charge in [0.1, 0.15) is 0 Å². The molecule has 5 nitrogen and oxygen atoms in total. The van der Waals surface area contributed by atoms with Gasteiger partial charge in [0.2, 0.25) is 0 Å². The van der Waals surface area contributed by atoms with Crippen molar-refractivity contribution in [2.24, 2.45) is 4.99 Å². The molecule has 0 aliphatic rings. The first kappa shape index (κ1) is 25.2. The second kappa shape index (κ2) is 14.3. The molecule has 1 aromatic carbocycles. The topological polar surface area (TPSA) is 54.9 Å². The highest BCUT2D eigenvalue weighted by Crippen LogP contribution is 2.30. The molecule has 0 heterocycles. The number of nitrogens with one attached hydrogen (secondary N) is 2. The Balaban J connectivity index is 0.00000625. The Morgan fingerprint density at radius 1 is 1.12 bits per heavy atom. The van der Waals surface area contributed by atoms with Gasteiger partial charge in [-0.3, -0.25) is 4.99 Å². The largest absolute Gasteiger partial charge is 0.490 e. The monoisotopic (exact) mass is 495 g/mol. The molecule has 2 unspecified atom stereocenters. The van der Waals surface area contributed by atoms with Gasteiger partial charge in [-0.05, 0) is 51.6 Å². The molecular weight excluding hydrogens is 461 g/mol. The lowest BCUT2D eigenvalue weighted by atomic mass is 10.1. The Kier molecular flexibility index (Phi) is 13.8. The fourth-order valence-corrected chi connectivity index (χ4v) is 2.46. The van der Waals surface area contributed by atoms with E-state index in [1.165, 1.54) is 0 Å². The first-order valence-corrected chi connectivity index (χ1v) is 10.3. The lowest BCUT2D eigenvalue weighted by Gasteiger charge is -2.20. The van der Waals surface area contributed by atoms with Gasteiger partial charge in [-0.25, -0.2) is 0 Å². The number of hydrogen-bond donors (Lipinski definition) is 2. The molecule has 1 rings (SSSR count). The molecule has 150 valence electrons. The van der Waals surface area contributed by atoms with Crippen molar-refractivity contribution < 1.29 is 9.47 Å². The van der Waals surface area contributed by atoms with E-state index in [0.29, 0.717) is 18.5 Å². The van der Waals surface area contributed by atoms with Crippen molar-refractivity contribution >= 4 is 41.7 Å². The third kappa shape index (κ3) is 8.70. The van der Waals surface area contributed by atoms with Crippen LogP contribution in [-0.2, 0) is 0 Å². The molecule has 0 fully saturated rings. The Morgan fingerprint density at radius 3 is 2.35 bits per heavy atom. The van der Waals surface area contributed by atoms with E-state index in [-0.39, 0.29) is 30.0 Å². The minimum Gasteiger partial charge on any atom is -0.490 e. The number of hydrogen-bond acceptors (Lipinski definition) is 4. The van der Waals surface area contributed by atoms with E-state index in [1.54, 1.807) is 0 Å².